The zero-order chi connectivity index (χ0) is 16.0. The summed E-state index contributed by atoms with van der Waals surface area (Å²) in [5.41, 5.74) is 0.580. The standard InChI is InChI=1S/C17H20N4O2/c1-11-14-4-2-3-5-15(14)17(23)21(19-11)10-16(22)20-8-12-6-18-7-13(12)9-20/h2-5,12-13,18H,6-10H2,1H3/t12-,13+. The van der Waals surface area contributed by atoms with Crippen molar-refractivity contribution in [3.63, 3.8) is 0 Å². The van der Waals surface area contributed by atoms with Crippen LogP contribution >= 0.6 is 0 Å². The van der Waals surface area contributed by atoms with Gasteiger partial charge in [-0.05, 0) is 24.8 Å². The molecule has 0 bridgehead atoms. The van der Waals surface area contributed by atoms with Crippen LogP contribution in [0.4, 0.5) is 0 Å². The fourth-order valence-electron chi connectivity index (χ4n) is 3.80. The van der Waals surface area contributed by atoms with E-state index in [0.29, 0.717) is 17.2 Å². The Balaban J connectivity index is 1.59. The number of amides is 1. The van der Waals surface area contributed by atoms with E-state index in [0.717, 1.165) is 37.3 Å². The van der Waals surface area contributed by atoms with Crippen molar-refractivity contribution < 1.29 is 4.79 Å². The Morgan fingerprint density at radius 1 is 1.22 bits per heavy atom. The lowest BCUT2D eigenvalue weighted by Gasteiger charge is -2.18. The first-order valence-corrected chi connectivity index (χ1v) is 8.08. The van der Waals surface area contributed by atoms with Gasteiger partial charge in [0.1, 0.15) is 6.54 Å². The van der Waals surface area contributed by atoms with Crippen molar-refractivity contribution in [2.24, 2.45) is 11.8 Å². The van der Waals surface area contributed by atoms with E-state index < -0.39 is 0 Å². The van der Waals surface area contributed by atoms with Crippen LogP contribution in [0.25, 0.3) is 10.8 Å². The molecule has 2 aliphatic rings. The number of nitrogens with one attached hydrogen (secondary N) is 1. The minimum atomic E-state index is -0.194. The van der Waals surface area contributed by atoms with E-state index in [1.807, 2.05) is 30.0 Å². The molecule has 6 nitrogen and oxygen atoms in total. The quantitative estimate of drug-likeness (QED) is 0.871. The smallest absolute Gasteiger partial charge is 0.275 e. The number of carbonyl (C=O) groups excluding carboxylic acids is 1. The van der Waals surface area contributed by atoms with Gasteiger partial charge in [-0.25, -0.2) is 4.68 Å². The highest BCUT2D eigenvalue weighted by Gasteiger charge is 2.38. The lowest BCUT2D eigenvalue weighted by molar-refractivity contribution is -0.131. The van der Waals surface area contributed by atoms with Gasteiger partial charge in [-0.15, -0.1) is 0 Å². The van der Waals surface area contributed by atoms with Gasteiger partial charge >= 0.3 is 0 Å². The highest BCUT2D eigenvalue weighted by molar-refractivity contribution is 5.83. The molecule has 2 saturated heterocycles. The van der Waals surface area contributed by atoms with Crippen molar-refractivity contribution in [1.82, 2.24) is 20.0 Å². The van der Waals surface area contributed by atoms with Gasteiger partial charge in [-0.2, -0.15) is 5.10 Å². The summed E-state index contributed by atoms with van der Waals surface area (Å²) in [5.74, 6) is 1.10. The Hall–Kier alpha value is -2.21. The van der Waals surface area contributed by atoms with Gasteiger partial charge in [0.15, 0.2) is 0 Å². The third-order valence-corrected chi connectivity index (χ3v) is 5.08. The van der Waals surface area contributed by atoms with Crippen molar-refractivity contribution in [3.8, 4) is 0 Å². The highest BCUT2D eigenvalue weighted by atomic mass is 16.2. The van der Waals surface area contributed by atoms with Crippen LogP contribution in [-0.4, -0.2) is 46.8 Å². The summed E-state index contributed by atoms with van der Waals surface area (Å²) in [5, 5.41) is 9.16. The first-order chi connectivity index (χ1) is 11.1. The maximum atomic E-state index is 12.6. The minimum Gasteiger partial charge on any atom is -0.340 e. The Morgan fingerprint density at radius 3 is 2.57 bits per heavy atom. The van der Waals surface area contributed by atoms with Crippen LogP contribution in [-0.2, 0) is 11.3 Å². The molecule has 23 heavy (non-hydrogen) atoms. The van der Waals surface area contributed by atoms with Crippen molar-refractivity contribution in [2.45, 2.75) is 13.5 Å². The van der Waals surface area contributed by atoms with Crippen LogP contribution < -0.4 is 10.9 Å². The lowest BCUT2D eigenvalue weighted by atomic mass is 10.0. The molecule has 0 radical (unpaired) electrons. The van der Waals surface area contributed by atoms with Crippen LogP contribution in [0.5, 0.6) is 0 Å². The normalized spacial score (nSPS) is 23.4. The van der Waals surface area contributed by atoms with Crippen LogP contribution in [0, 0.1) is 18.8 Å². The van der Waals surface area contributed by atoms with Crippen molar-refractivity contribution >= 4 is 16.7 Å². The molecular formula is C17H20N4O2. The molecule has 6 heteroatoms. The number of carbonyl (C=O) groups is 1. The van der Waals surface area contributed by atoms with E-state index in [1.165, 1.54) is 4.68 Å². The molecule has 0 spiro atoms. The average Bonchev–Trinajstić information content (AvgIpc) is 3.14. The number of aryl methyl sites for hydroxylation is 1. The number of nitrogens with zero attached hydrogens (tertiary/aromatic N) is 3. The zero-order valence-electron chi connectivity index (χ0n) is 13.2. The molecule has 1 N–H and O–H groups in total. The second-order valence-electron chi connectivity index (χ2n) is 6.57. The predicted molar refractivity (Wildman–Crippen MR) is 87.2 cm³/mol. The van der Waals surface area contributed by atoms with Gasteiger partial charge in [0.25, 0.3) is 5.56 Å². The fourth-order valence-corrected chi connectivity index (χ4v) is 3.80. The molecule has 2 fully saturated rings. The summed E-state index contributed by atoms with van der Waals surface area (Å²) >= 11 is 0. The lowest BCUT2D eigenvalue weighted by Crippen LogP contribution is -2.37. The second-order valence-corrected chi connectivity index (χ2v) is 6.57. The highest BCUT2D eigenvalue weighted by Crippen LogP contribution is 2.26. The van der Waals surface area contributed by atoms with Crippen molar-refractivity contribution in [1.29, 1.82) is 0 Å². The molecule has 0 aliphatic carbocycles. The molecule has 4 rings (SSSR count). The number of likely N-dealkylation sites (tertiary alicyclic amines) is 1. The van der Waals surface area contributed by atoms with E-state index in [9.17, 15) is 9.59 Å². The van der Waals surface area contributed by atoms with Gasteiger partial charge in [-0.1, -0.05) is 18.2 Å². The summed E-state index contributed by atoms with van der Waals surface area (Å²) in [7, 11) is 0. The third kappa shape index (κ3) is 2.43. The molecule has 0 unspecified atom stereocenters. The van der Waals surface area contributed by atoms with Crippen LogP contribution in [0.2, 0.25) is 0 Å². The van der Waals surface area contributed by atoms with E-state index in [4.69, 9.17) is 0 Å². The molecule has 2 aromatic rings. The zero-order valence-corrected chi connectivity index (χ0v) is 13.2. The summed E-state index contributed by atoms with van der Waals surface area (Å²) in [6.07, 6.45) is 0. The topological polar surface area (TPSA) is 67.2 Å². The van der Waals surface area contributed by atoms with Gasteiger partial charge in [0.05, 0.1) is 11.1 Å². The molecule has 0 saturated carbocycles. The van der Waals surface area contributed by atoms with E-state index in [-0.39, 0.29) is 18.0 Å². The molecule has 1 amide bonds. The number of rotatable bonds is 2. The summed E-state index contributed by atoms with van der Waals surface area (Å²) < 4.78 is 1.31. The summed E-state index contributed by atoms with van der Waals surface area (Å²) in [4.78, 5) is 27.0. The monoisotopic (exact) mass is 312 g/mol. The van der Waals surface area contributed by atoms with Crippen molar-refractivity contribution in [3.05, 3.63) is 40.3 Å². The predicted octanol–water partition coefficient (Wildman–Crippen LogP) is 0.383. The third-order valence-electron chi connectivity index (χ3n) is 5.08. The molecule has 3 heterocycles. The first-order valence-electron chi connectivity index (χ1n) is 8.08. The van der Waals surface area contributed by atoms with Crippen LogP contribution in [0.3, 0.4) is 0 Å². The number of fused-ring (bicyclic) bond motifs is 2. The van der Waals surface area contributed by atoms with Gasteiger partial charge in [0.2, 0.25) is 5.91 Å². The summed E-state index contributed by atoms with van der Waals surface area (Å²) in [6, 6.07) is 7.41. The first kappa shape index (κ1) is 14.4. The molecule has 1 aromatic heterocycles. The SMILES string of the molecule is Cc1nn(CC(=O)N2C[C@H]3CNC[C@H]3C2)c(=O)c2ccccc12. The number of benzene rings is 1. The maximum Gasteiger partial charge on any atom is 0.275 e. The fraction of sp³-hybridized carbons (Fsp3) is 0.471. The summed E-state index contributed by atoms with van der Waals surface area (Å²) in [6.45, 7) is 5.45. The Kier molecular flexibility index (Phi) is 3.41. The molecule has 120 valence electrons. The van der Waals surface area contributed by atoms with Gasteiger partial charge < -0.3 is 10.2 Å². The second kappa shape index (κ2) is 5.45. The average molecular weight is 312 g/mol. The maximum absolute atomic E-state index is 12.6. The molecule has 2 atom stereocenters. The van der Waals surface area contributed by atoms with E-state index >= 15 is 0 Å². The number of hydrogen-bond acceptors (Lipinski definition) is 4. The minimum absolute atomic E-state index is 0.0105. The van der Waals surface area contributed by atoms with Gasteiger partial charge in [0, 0.05) is 31.6 Å². The molecular weight excluding hydrogens is 292 g/mol. The number of hydrogen-bond donors (Lipinski definition) is 1. The van der Waals surface area contributed by atoms with E-state index in [2.05, 4.69) is 10.4 Å². The largest absolute Gasteiger partial charge is 0.340 e. The number of aromatic nitrogens is 2. The van der Waals surface area contributed by atoms with Crippen LogP contribution in [0.15, 0.2) is 29.1 Å². The molecule has 2 aliphatic heterocycles. The van der Waals surface area contributed by atoms with Crippen molar-refractivity contribution in [2.75, 3.05) is 26.2 Å². The Morgan fingerprint density at radius 2 is 1.87 bits per heavy atom. The van der Waals surface area contributed by atoms with Crippen LogP contribution in [0.1, 0.15) is 5.69 Å². The Labute approximate surface area is 134 Å². The Bertz CT molecular complexity index is 817. The van der Waals surface area contributed by atoms with Gasteiger partial charge in [-0.3, -0.25) is 9.59 Å². The van der Waals surface area contributed by atoms with E-state index in [1.54, 1.807) is 6.07 Å². The molecule has 1 aromatic carbocycles.